The molecule has 0 unspecified atom stereocenters. The Kier molecular flexibility index (Phi) is 4.90. The summed E-state index contributed by atoms with van der Waals surface area (Å²) in [5.74, 6) is 1.54. The Morgan fingerprint density at radius 1 is 0.929 bits per heavy atom. The van der Waals surface area contributed by atoms with E-state index in [-0.39, 0.29) is 0 Å². The number of hydrogen-bond donors (Lipinski definition) is 1. The maximum Gasteiger partial charge on any atom is 0.0142 e. The summed E-state index contributed by atoms with van der Waals surface area (Å²) in [7, 11) is 0. The molecule has 0 atom stereocenters. The standard InChI is InChI=1S/C12H26N2/c1-10(2)12(11(3)4)14-8-5-6-13-7-9-14/h10-13H,5-9H2,1-4H3. The van der Waals surface area contributed by atoms with Gasteiger partial charge in [0, 0.05) is 19.1 Å². The fourth-order valence-corrected chi connectivity index (χ4v) is 2.78. The van der Waals surface area contributed by atoms with Gasteiger partial charge in [-0.05, 0) is 31.3 Å². The molecule has 0 aromatic heterocycles. The van der Waals surface area contributed by atoms with Crippen LogP contribution in [0.5, 0.6) is 0 Å². The van der Waals surface area contributed by atoms with Gasteiger partial charge in [0.25, 0.3) is 0 Å². The van der Waals surface area contributed by atoms with Gasteiger partial charge in [0.15, 0.2) is 0 Å². The Balaban J connectivity index is 2.56. The fraction of sp³-hybridized carbons (Fsp3) is 1.00. The summed E-state index contributed by atoms with van der Waals surface area (Å²) in [5, 5.41) is 3.47. The summed E-state index contributed by atoms with van der Waals surface area (Å²) in [6, 6.07) is 0.759. The van der Waals surface area contributed by atoms with E-state index < -0.39 is 0 Å². The van der Waals surface area contributed by atoms with Gasteiger partial charge in [-0.1, -0.05) is 27.7 Å². The van der Waals surface area contributed by atoms with Crippen LogP contribution in [0.4, 0.5) is 0 Å². The lowest BCUT2D eigenvalue weighted by atomic mass is 9.91. The predicted molar refractivity (Wildman–Crippen MR) is 62.5 cm³/mol. The van der Waals surface area contributed by atoms with E-state index >= 15 is 0 Å². The molecule has 0 amide bonds. The van der Waals surface area contributed by atoms with E-state index in [4.69, 9.17) is 0 Å². The van der Waals surface area contributed by atoms with Crippen LogP contribution < -0.4 is 5.32 Å². The minimum atomic E-state index is 0.759. The molecule has 0 aromatic rings. The van der Waals surface area contributed by atoms with Crippen LogP contribution in [0.15, 0.2) is 0 Å². The van der Waals surface area contributed by atoms with E-state index in [1.165, 1.54) is 26.1 Å². The van der Waals surface area contributed by atoms with Crippen molar-refractivity contribution in [1.29, 1.82) is 0 Å². The molecule has 0 aromatic carbocycles. The zero-order valence-corrected chi connectivity index (χ0v) is 10.2. The lowest BCUT2D eigenvalue weighted by Gasteiger charge is -2.36. The SMILES string of the molecule is CC(C)C(C(C)C)N1CCCNCC1. The molecule has 1 saturated heterocycles. The molecule has 1 aliphatic rings. The van der Waals surface area contributed by atoms with Gasteiger partial charge in [0.05, 0.1) is 0 Å². The van der Waals surface area contributed by atoms with Crippen LogP contribution in [-0.4, -0.2) is 37.1 Å². The summed E-state index contributed by atoms with van der Waals surface area (Å²) in [4.78, 5) is 2.68. The molecule has 1 N–H and O–H groups in total. The van der Waals surface area contributed by atoms with E-state index in [0.717, 1.165) is 24.4 Å². The molecular formula is C12H26N2. The first-order chi connectivity index (χ1) is 6.63. The highest BCUT2D eigenvalue weighted by molar-refractivity contribution is 4.80. The minimum Gasteiger partial charge on any atom is -0.315 e. The Hall–Kier alpha value is -0.0800. The lowest BCUT2D eigenvalue weighted by molar-refractivity contribution is 0.122. The van der Waals surface area contributed by atoms with Crippen molar-refractivity contribution >= 4 is 0 Å². The van der Waals surface area contributed by atoms with Crippen LogP contribution in [0, 0.1) is 11.8 Å². The molecule has 2 heteroatoms. The number of nitrogens with one attached hydrogen (secondary N) is 1. The van der Waals surface area contributed by atoms with Crippen molar-refractivity contribution in [2.75, 3.05) is 26.2 Å². The summed E-state index contributed by atoms with van der Waals surface area (Å²) in [6.45, 7) is 14.3. The highest BCUT2D eigenvalue weighted by Crippen LogP contribution is 2.19. The normalized spacial score (nSPS) is 20.8. The van der Waals surface area contributed by atoms with Crippen molar-refractivity contribution in [3.05, 3.63) is 0 Å². The Labute approximate surface area is 89.1 Å². The van der Waals surface area contributed by atoms with Crippen molar-refractivity contribution in [3.8, 4) is 0 Å². The van der Waals surface area contributed by atoms with Crippen molar-refractivity contribution in [2.24, 2.45) is 11.8 Å². The van der Waals surface area contributed by atoms with Gasteiger partial charge in [0.1, 0.15) is 0 Å². The number of hydrogen-bond acceptors (Lipinski definition) is 2. The van der Waals surface area contributed by atoms with Crippen molar-refractivity contribution in [2.45, 2.75) is 40.2 Å². The molecule has 2 nitrogen and oxygen atoms in total. The molecule has 1 aliphatic heterocycles. The molecule has 84 valence electrons. The summed E-state index contributed by atoms with van der Waals surface area (Å²) < 4.78 is 0. The second-order valence-corrected chi connectivity index (χ2v) is 5.12. The van der Waals surface area contributed by atoms with E-state index in [9.17, 15) is 0 Å². The van der Waals surface area contributed by atoms with Crippen LogP contribution in [0.2, 0.25) is 0 Å². The van der Waals surface area contributed by atoms with Gasteiger partial charge < -0.3 is 5.32 Å². The Bertz CT molecular complexity index is 138. The molecule has 1 rings (SSSR count). The molecule has 0 radical (unpaired) electrons. The van der Waals surface area contributed by atoms with Crippen LogP contribution in [0.25, 0.3) is 0 Å². The molecule has 0 bridgehead atoms. The second kappa shape index (κ2) is 5.72. The molecule has 0 aliphatic carbocycles. The monoisotopic (exact) mass is 198 g/mol. The minimum absolute atomic E-state index is 0.759. The molecule has 0 spiro atoms. The first-order valence-corrected chi connectivity index (χ1v) is 6.07. The highest BCUT2D eigenvalue weighted by atomic mass is 15.2. The van der Waals surface area contributed by atoms with E-state index in [1.54, 1.807) is 0 Å². The largest absolute Gasteiger partial charge is 0.315 e. The second-order valence-electron chi connectivity index (χ2n) is 5.12. The van der Waals surface area contributed by atoms with Crippen LogP contribution >= 0.6 is 0 Å². The van der Waals surface area contributed by atoms with Gasteiger partial charge in [-0.15, -0.1) is 0 Å². The van der Waals surface area contributed by atoms with Crippen LogP contribution in [-0.2, 0) is 0 Å². The van der Waals surface area contributed by atoms with Crippen molar-refractivity contribution < 1.29 is 0 Å². The smallest absolute Gasteiger partial charge is 0.0142 e. The number of rotatable bonds is 3. The average Bonchev–Trinajstić information content (AvgIpc) is 2.31. The first kappa shape index (κ1) is 12.0. The maximum absolute atomic E-state index is 3.47. The molecule has 1 fully saturated rings. The molecule has 1 heterocycles. The number of nitrogens with zero attached hydrogens (tertiary/aromatic N) is 1. The maximum atomic E-state index is 3.47. The molecular weight excluding hydrogens is 172 g/mol. The van der Waals surface area contributed by atoms with Gasteiger partial charge in [-0.2, -0.15) is 0 Å². The van der Waals surface area contributed by atoms with Gasteiger partial charge in [0.2, 0.25) is 0 Å². The molecule has 0 saturated carbocycles. The van der Waals surface area contributed by atoms with E-state index in [2.05, 4.69) is 37.9 Å². The zero-order chi connectivity index (χ0) is 10.6. The summed E-state index contributed by atoms with van der Waals surface area (Å²) in [6.07, 6.45) is 1.30. The lowest BCUT2D eigenvalue weighted by Crippen LogP contribution is -2.44. The first-order valence-electron chi connectivity index (χ1n) is 6.07. The predicted octanol–water partition coefficient (Wildman–Crippen LogP) is 1.96. The third-order valence-corrected chi connectivity index (χ3v) is 3.16. The van der Waals surface area contributed by atoms with Gasteiger partial charge in [-0.3, -0.25) is 4.90 Å². The Morgan fingerprint density at radius 2 is 1.57 bits per heavy atom. The van der Waals surface area contributed by atoms with Gasteiger partial charge >= 0.3 is 0 Å². The Morgan fingerprint density at radius 3 is 2.14 bits per heavy atom. The van der Waals surface area contributed by atoms with Crippen LogP contribution in [0.3, 0.4) is 0 Å². The van der Waals surface area contributed by atoms with Gasteiger partial charge in [-0.25, -0.2) is 0 Å². The zero-order valence-electron chi connectivity index (χ0n) is 10.2. The third-order valence-electron chi connectivity index (χ3n) is 3.16. The quantitative estimate of drug-likeness (QED) is 0.746. The fourth-order valence-electron chi connectivity index (χ4n) is 2.78. The van der Waals surface area contributed by atoms with E-state index in [1.807, 2.05) is 0 Å². The average molecular weight is 198 g/mol. The van der Waals surface area contributed by atoms with Crippen molar-refractivity contribution in [3.63, 3.8) is 0 Å². The summed E-state index contributed by atoms with van der Waals surface area (Å²) in [5.41, 5.74) is 0. The highest BCUT2D eigenvalue weighted by Gasteiger charge is 2.24. The topological polar surface area (TPSA) is 15.3 Å². The van der Waals surface area contributed by atoms with Crippen molar-refractivity contribution in [1.82, 2.24) is 10.2 Å². The van der Waals surface area contributed by atoms with Crippen LogP contribution in [0.1, 0.15) is 34.1 Å². The molecule has 14 heavy (non-hydrogen) atoms. The van der Waals surface area contributed by atoms with E-state index in [0.29, 0.717) is 0 Å². The third kappa shape index (κ3) is 3.25. The summed E-state index contributed by atoms with van der Waals surface area (Å²) >= 11 is 0.